The molecule has 0 aliphatic carbocycles. The first-order chi connectivity index (χ1) is 7.15. The second-order valence-corrected chi connectivity index (χ2v) is 4.86. The Bertz CT molecular complexity index is 172. The lowest BCUT2D eigenvalue weighted by Gasteiger charge is -2.14. The van der Waals surface area contributed by atoms with Crippen molar-refractivity contribution in [2.75, 3.05) is 12.4 Å². The van der Waals surface area contributed by atoms with Crippen LogP contribution in [0.25, 0.3) is 0 Å². The van der Waals surface area contributed by atoms with Gasteiger partial charge in [-0.3, -0.25) is 4.79 Å². The molecule has 0 radical (unpaired) electrons. The standard InChI is InChI=1S/C11H23NO2S/c1-4-9(5-2)15-8-7-10(12)11(13)14-6-3/h9-10H,4-8,12H2,1-3H3. The number of rotatable bonds is 8. The summed E-state index contributed by atoms with van der Waals surface area (Å²) in [5, 5.41) is 0.694. The van der Waals surface area contributed by atoms with E-state index in [0.717, 1.165) is 5.75 Å². The average Bonchev–Trinajstić information content (AvgIpc) is 2.24. The molecule has 0 heterocycles. The molecule has 0 rings (SSSR count). The van der Waals surface area contributed by atoms with E-state index in [-0.39, 0.29) is 5.97 Å². The first kappa shape index (κ1) is 14.8. The molecule has 0 amide bonds. The number of hydrogen-bond acceptors (Lipinski definition) is 4. The summed E-state index contributed by atoms with van der Waals surface area (Å²) in [6.07, 6.45) is 3.06. The maximum absolute atomic E-state index is 11.2. The van der Waals surface area contributed by atoms with Gasteiger partial charge in [-0.15, -0.1) is 0 Å². The van der Waals surface area contributed by atoms with Crippen LogP contribution in [0.5, 0.6) is 0 Å². The average molecular weight is 233 g/mol. The predicted octanol–water partition coefficient (Wildman–Crippen LogP) is 2.19. The molecule has 0 saturated heterocycles. The molecule has 0 aliphatic rings. The Labute approximate surface area is 97.1 Å². The number of nitrogens with two attached hydrogens (primary N) is 1. The minimum absolute atomic E-state index is 0.275. The van der Waals surface area contributed by atoms with E-state index in [2.05, 4.69) is 13.8 Å². The Morgan fingerprint density at radius 3 is 2.40 bits per heavy atom. The van der Waals surface area contributed by atoms with Crippen molar-refractivity contribution in [3.63, 3.8) is 0 Å². The lowest BCUT2D eigenvalue weighted by Crippen LogP contribution is -2.32. The highest BCUT2D eigenvalue weighted by molar-refractivity contribution is 7.99. The lowest BCUT2D eigenvalue weighted by atomic mass is 10.2. The smallest absolute Gasteiger partial charge is 0.322 e. The molecule has 0 aromatic heterocycles. The van der Waals surface area contributed by atoms with E-state index >= 15 is 0 Å². The number of thioether (sulfide) groups is 1. The molecule has 2 N–H and O–H groups in total. The molecule has 90 valence electrons. The Hall–Kier alpha value is -0.220. The Balaban J connectivity index is 3.61. The van der Waals surface area contributed by atoms with Crippen molar-refractivity contribution in [3.8, 4) is 0 Å². The summed E-state index contributed by atoms with van der Waals surface area (Å²) in [6.45, 7) is 6.58. The zero-order chi connectivity index (χ0) is 11.7. The predicted molar refractivity (Wildman–Crippen MR) is 66.1 cm³/mol. The molecule has 15 heavy (non-hydrogen) atoms. The number of esters is 1. The van der Waals surface area contributed by atoms with Crippen LogP contribution in [0, 0.1) is 0 Å². The van der Waals surface area contributed by atoms with Crippen LogP contribution < -0.4 is 5.73 Å². The fraction of sp³-hybridized carbons (Fsp3) is 0.909. The Morgan fingerprint density at radius 1 is 1.33 bits per heavy atom. The van der Waals surface area contributed by atoms with Crippen LogP contribution in [0.1, 0.15) is 40.0 Å². The maximum atomic E-state index is 11.2. The molecule has 1 unspecified atom stereocenters. The molecule has 0 aromatic carbocycles. The number of ether oxygens (including phenoxy) is 1. The highest BCUT2D eigenvalue weighted by Crippen LogP contribution is 2.18. The van der Waals surface area contributed by atoms with Gasteiger partial charge in [-0.05, 0) is 31.9 Å². The third kappa shape index (κ3) is 6.79. The highest BCUT2D eigenvalue weighted by atomic mass is 32.2. The summed E-state index contributed by atoms with van der Waals surface area (Å²) >= 11 is 1.90. The van der Waals surface area contributed by atoms with Crippen LogP contribution >= 0.6 is 11.8 Å². The number of carbonyl (C=O) groups is 1. The van der Waals surface area contributed by atoms with E-state index < -0.39 is 6.04 Å². The Kier molecular flexibility index (Phi) is 8.91. The summed E-state index contributed by atoms with van der Waals surface area (Å²) in [4.78, 5) is 11.2. The number of carbonyl (C=O) groups excluding carboxylic acids is 1. The summed E-state index contributed by atoms with van der Waals surface area (Å²) in [6, 6.07) is -0.452. The largest absolute Gasteiger partial charge is 0.465 e. The summed E-state index contributed by atoms with van der Waals surface area (Å²) in [7, 11) is 0. The van der Waals surface area contributed by atoms with Gasteiger partial charge in [0.25, 0.3) is 0 Å². The van der Waals surface area contributed by atoms with Gasteiger partial charge in [0.1, 0.15) is 6.04 Å². The van der Waals surface area contributed by atoms with E-state index in [1.54, 1.807) is 6.92 Å². The van der Waals surface area contributed by atoms with Crippen LogP contribution in [-0.4, -0.2) is 29.6 Å². The second-order valence-electron chi connectivity index (χ2n) is 3.46. The van der Waals surface area contributed by atoms with Crippen LogP contribution in [0.4, 0.5) is 0 Å². The van der Waals surface area contributed by atoms with Crippen molar-refractivity contribution in [3.05, 3.63) is 0 Å². The van der Waals surface area contributed by atoms with Gasteiger partial charge in [-0.1, -0.05) is 13.8 Å². The molecule has 0 spiro atoms. The molecule has 1 atom stereocenters. The molecule has 3 nitrogen and oxygen atoms in total. The summed E-state index contributed by atoms with van der Waals surface area (Å²) in [5.41, 5.74) is 5.68. The van der Waals surface area contributed by atoms with Gasteiger partial charge in [0.05, 0.1) is 6.61 Å². The first-order valence-electron chi connectivity index (χ1n) is 5.69. The fourth-order valence-electron chi connectivity index (χ4n) is 1.25. The molecule has 4 heteroatoms. The minimum Gasteiger partial charge on any atom is -0.465 e. The van der Waals surface area contributed by atoms with Crippen LogP contribution in [-0.2, 0) is 9.53 Å². The maximum Gasteiger partial charge on any atom is 0.322 e. The zero-order valence-corrected chi connectivity index (χ0v) is 10.8. The molecule has 0 saturated carbocycles. The molecular weight excluding hydrogens is 210 g/mol. The zero-order valence-electron chi connectivity index (χ0n) is 9.99. The Morgan fingerprint density at radius 2 is 1.93 bits per heavy atom. The quantitative estimate of drug-likeness (QED) is 0.653. The van der Waals surface area contributed by atoms with Crippen LogP contribution in [0.2, 0.25) is 0 Å². The van der Waals surface area contributed by atoms with E-state index in [1.807, 2.05) is 11.8 Å². The van der Waals surface area contributed by atoms with E-state index in [4.69, 9.17) is 10.5 Å². The van der Waals surface area contributed by atoms with E-state index in [9.17, 15) is 4.79 Å². The van der Waals surface area contributed by atoms with Crippen molar-refractivity contribution >= 4 is 17.7 Å². The normalized spacial score (nSPS) is 12.9. The fourth-order valence-corrected chi connectivity index (χ4v) is 2.45. The lowest BCUT2D eigenvalue weighted by molar-refractivity contribution is -0.144. The van der Waals surface area contributed by atoms with Gasteiger partial charge in [0.15, 0.2) is 0 Å². The van der Waals surface area contributed by atoms with Gasteiger partial charge in [-0.25, -0.2) is 0 Å². The van der Waals surface area contributed by atoms with Gasteiger partial charge in [0, 0.05) is 5.25 Å². The molecule has 0 aliphatic heterocycles. The van der Waals surface area contributed by atoms with Crippen molar-refractivity contribution in [1.82, 2.24) is 0 Å². The van der Waals surface area contributed by atoms with Crippen molar-refractivity contribution in [2.24, 2.45) is 5.73 Å². The van der Waals surface area contributed by atoms with E-state index in [1.165, 1.54) is 12.8 Å². The molecule has 0 fully saturated rings. The van der Waals surface area contributed by atoms with Gasteiger partial charge < -0.3 is 10.5 Å². The summed E-state index contributed by atoms with van der Waals surface area (Å²) < 4.78 is 4.84. The van der Waals surface area contributed by atoms with Gasteiger partial charge >= 0.3 is 5.97 Å². The highest BCUT2D eigenvalue weighted by Gasteiger charge is 2.14. The van der Waals surface area contributed by atoms with Crippen molar-refractivity contribution in [1.29, 1.82) is 0 Å². The third-order valence-electron chi connectivity index (χ3n) is 2.28. The van der Waals surface area contributed by atoms with Crippen molar-refractivity contribution in [2.45, 2.75) is 51.3 Å². The first-order valence-corrected chi connectivity index (χ1v) is 6.74. The van der Waals surface area contributed by atoms with Crippen molar-refractivity contribution < 1.29 is 9.53 Å². The molecule has 0 aromatic rings. The van der Waals surface area contributed by atoms with Gasteiger partial charge in [0.2, 0.25) is 0 Å². The molecule has 0 bridgehead atoms. The van der Waals surface area contributed by atoms with E-state index in [0.29, 0.717) is 18.3 Å². The minimum atomic E-state index is -0.452. The van der Waals surface area contributed by atoms with Gasteiger partial charge in [-0.2, -0.15) is 11.8 Å². The van der Waals surface area contributed by atoms with Crippen LogP contribution in [0.3, 0.4) is 0 Å². The van der Waals surface area contributed by atoms with Crippen LogP contribution in [0.15, 0.2) is 0 Å². The number of hydrogen-bond donors (Lipinski definition) is 1. The SMILES string of the molecule is CCOC(=O)C(N)CCSC(CC)CC. The topological polar surface area (TPSA) is 52.3 Å². The third-order valence-corrected chi connectivity index (χ3v) is 3.89. The monoisotopic (exact) mass is 233 g/mol. The molecular formula is C11H23NO2S. The summed E-state index contributed by atoms with van der Waals surface area (Å²) in [5.74, 6) is 0.662. The second kappa shape index (κ2) is 9.04.